The number of benzene rings is 2. The maximum absolute atomic E-state index is 12.6. The highest BCUT2D eigenvalue weighted by atomic mass is 35.5. The van der Waals surface area contributed by atoms with Crippen molar-refractivity contribution >= 4 is 34.1 Å². The average Bonchev–Trinajstić information content (AvgIpc) is 2.65. The fourth-order valence-electron chi connectivity index (χ4n) is 2.60. The minimum atomic E-state index is -0.676. The fraction of sp³-hybridized carbons (Fsp3) is 0.200. The Balaban J connectivity index is 1.79. The van der Waals surface area contributed by atoms with Crippen molar-refractivity contribution in [1.82, 2.24) is 4.98 Å². The van der Waals surface area contributed by atoms with Crippen LogP contribution in [0.2, 0.25) is 5.02 Å². The number of aromatic nitrogens is 1. The summed E-state index contributed by atoms with van der Waals surface area (Å²) in [5.41, 5.74) is 2.24. The summed E-state index contributed by atoms with van der Waals surface area (Å²) >= 11 is 6.02. The molecule has 1 N–H and O–H groups in total. The number of carbonyl (C=O) groups is 1. The van der Waals surface area contributed by atoms with Crippen LogP contribution in [0.3, 0.4) is 0 Å². The van der Waals surface area contributed by atoms with Crippen molar-refractivity contribution in [3.8, 4) is 11.5 Å². The fourth-order valence-corrected chi connectivity index (χ4v) is 2.72. The van der Waals surface area contributed by atoms with Crippen LogP contribution < -0.4 is 14.8 Å². The number of nitrogens with one attached hydrogen (secondary N) is 1. The molecule has 0 spiro atoms. The molecule has 0 saturated heterocycles. The van der Waals surface area contributed by atoms with Gasteiger partial charge in [-0.2, -0.15) is 0 Å². The number of aryl methyl sites for hydroxylation is 1. The Bertz CT molecular complexity index is 959. The van der Waals surface area contributed by atoms with Crippen LogP contribution >= 0.6 is 11.6 Å². The Hall–Kier alpha value is -2.79. The lowest BCUT2D eigenvalue weighted by Gasteiger charge is -2.16. The summed E-state index contributed by atoms with van der Waals surface area (Å²) < 4.78 is 11.1. The van der Waals surface area contributed by atoms with Gasteiger partial charge in [0.05, 0.1) is 12.8 Å². The van der Waals surface area contributed by atoms with Gasteiger partial charge in [0, 0.05) is 16.6 Å². The predicted molar refractivity (Wildman–Crippen MR) is 103 cm³/mol. The molecule has 1 atom stereocenters. The van der Waals surface area contributed by atoms with Gasteiger partial charge in [-0.15, -0.1) is 0 Å². The first kappa shape index (κ1) is 18.0. The third-order valence-electron chi connectivity index (χ3n) is 4.02. The first-order chi connectivity index (χ1) is 12.5. The van der Waals surface area contributed by atoms with Gasteiger partial charge >= 0.3 is 0 Å². The number of hydrogen-bond acceptors (Lipinski definition) is 4. The Morgan fingerprint density at radius 3 is 2.77 bits per heavy atom. The van der Waals surface area contributed by atoms with Gasteiger partial charge in [-0.1, -0.05) is 11.6 Å². The third kappa shape index (κ3) is 3.73. The lowest BCUT2D eigenvalue weighted by molar-refractivity contribution is -0.122. The van der Waals surface area contributed by atoms with Crippen LogP contribution in [0.15, 0.2) is 48.7 Å². The number of fused-ring (bicyclic) bond motifs is 1. The largest absolute Gasteiger partial charge is 0.494 e. The number of rotatable bonds is 5. The molecule has 0 aliphatic rings. The van der Waals surface area contributed by atoms with E-state index in [1.807, 2.05) is 19.1 Å². The average molecular weight is 371 g/mol. The van der Waals surface area contributed by atoms with Crippen molar-refractivity contribution in [2.45, 2.75) is 20.0 Å². The number of nitrogens with zero attached hydrogens (tertiary/aromatic N) is 1. The van der Waals surface area contributed by atoms with E-state index < -0.39 is 6.10 Å². The predicted octanol–water partition coefficient (Wildman–Crippen LogP) is 4.61. The van der Waals surface area contributed by atoms with Gasteiger partial charge in [0.1, 0.15) is 17.0 Å². The summed E-state index contributed by atoms with van der Waals surface area (Å²) in [6.45, 7) is 3.58. The van der Waals surface area contributed by atoms with Gasteiger partial charge in [0.2, 0.25) is 0 Å². The van der Waals surface area contributed by atoms with Crippen LogP contribution in [0.5, 0.6) is 11.5 Å². The topological polar surface area (TPSA) is 60.5 Å². The monoisotopic (exact) mass is 370 g/mol. The molecule has 3 aromatic rings. The Morgan fingerprint density at radius 2 is 2.04 bits per heavy atom. The summed E-state index contributed by atoms with van der Waals surface area (Å²) in [5.74, 6) is 0.989. The third-order valence-corrected chi connectivity index (χ3v) is 4.45. The normalized spacial score (nSPS) is 11.8. The minimum absolute atomic E-state index is 0.257. The second kappa shape index (κ2) is 7.62. The summed E-state index contributed by atoms with van der Waals surface area (Å²) in [7, 11) is 1.59. The van der Waals surface area contributed by atoms with Gasteiger partial charge in [0.15, 0.2) is 6.10 Å². The van der Waals surface area contributed by atoms with E-state index in [-0.39, 0.29) is 5.91 Å². The zero-order valence-corrected chi connectivity index (χ0v) is 15.5. The molecule has 134 valence electrons. The standard InChI is InChI=1S/C20H19ClN2O3/c1-12-11-14(6-7-16(12)21)26-13(2)20(24)23-17-8-9-18(25-3)19-15(17)5-4-10-22-19/h4-11,13H,1-3H3,(H,23,24)/t13-/m1/s1. The van der Waals surface area contributed by atoms with Gasteiger partial charge in [-0.3, -0.25) is 9.78 Å². The molecule has 6 heteroatoms. The first-order valence-corrected chi connectivity index (χ1v) is 8.53. The molecule has 0 saturated carbocycles. The lowest BCUT2D eigenvalue weighted by Crippen LogP contribution is -2.30. The molecule has 3 rings (SSSR count). The van der Waals surface area contributed by atoms with Crippen molar-refractivity contribution in [1.29, 1.82) is 0 Å². The van der Waals surface area contributed by atoms with E-state index in [0.29, 0.717) is 27.7 Å². The van der Waals surface area contributed by atoms with E-state index in [1.54, 1.807) is 50.6 Å². The SMILES string of the molecule is COc1ccc(NC(=O)[C@@H](C)Oc2ccc(Cl)c(C)c2)c2cccnc12. The molecule has 1 heterocycles. The molecule has 0 fully saturated rings. The zero-order valence-electron chi connectivity index (χ0n) is 14.7. The Morgan fingerprint density at radius 1 is 1.23 bits per heavy atom. The number of carbonyl (C=O) groups excluding carboxylic acids is 1. The smallest absolute Gasteiger partial charge is 0.265 e. The van der Waals surface area contributed by atoms with Crippen LogP contribution in [0, 0.1) is 6.92 Å². The number of methoxy groups -OCH3 is 1. The zero-order chi connectivity index (χ0) is 18.7. The molecule has 5 nitrogen and oxygen atoms in total. The highest BCUT2D eigenvalue weighted by Crippen LogP contribution is 2.30. The molecule has 0 aliphatic carbocycles. The van der Waals surface area contributed by atoms with Crippen LogP contribution in [0.4, 0.5) is 5.69 Å². The molecule has 0 radical (unpaired) electrons. The maximum atomic E-state index is 12.6. The van der Waals surface area contributed by atoms with Crippen molar-refractivity contribution in [3.63, 3.8) is 0 Å². The molecule has 0 aliphatic heterocycles. The molecule has 0 unspecified atom stereocenters. The van der Waals surface area contributed by atoms with E-state index in [0.717, 1.165) is 10.9 Å². The van der Waals surface area contributed by atoms with E-state index in [2.05, 4.69) is 10.3 Å². The number of halogens is 1. The van der Waals surface area contributed by atoms with E-state index in [4.69, 9.17) is 21.1 Å². The van der Waals surface area contributed by atoms with Crippen LogP contribution in [-0.4, -0.2) is 24.1 Å². The van der Waals surface area contributed by atoms with Crippen molar-refractivity contribution in [2.24, 2.45) is 0 Å². The summed E-state index contributed by atoms with van der Waals surface area (Å²) in [4.78, 5) is 16.9. The Kier molecular flexibility index (Phi) is 5.28. The second-order valence-electron chi connectivity index (χ2n) is 5.88. The molecule has 0 bridgehead atoms. The van der Waals surface area contributed by atoms with E-state index in [9.17, 15) is 4.79 Å². The highest BCUT2D eigenvalue weighted by Gasteiger charge is 2.17. The molecule has 1 amide bonds. The van der Waals surface area contributed by atoms with Gasteiger partial charge < -0.3 is 14.8 Å². The van der Waals surface area contributed by atoms with Crippen LogP contribution in [0.1, 0.15) is 12.5 Å². The number of amides is 1. The molecule has 1 aromatic heterocycles. The van der Waals surface area contributed by atoms with Gasteiger partial charge in [0.25, 0.3) is 5.91 Å². The van der Waals surface area contributed by atoms with Crippen molar-refractivity contribution in [3.05, 3.63) is 59.2 Å². The van der Waals surface area contributed by atoms with Gasteiger partial charge in [-0.25, -0.2) is 0 Å². The summed E-state index contributed by atoms with van der Waals surface area (Å²) in [6, 6.07) is 12.6. The number of hydrogen-bond donors (Lipinski definition) is 1. The van der Waals surface area contributed by atoms with E-state index >= 15 is 0 Å². The minimum Gasteiger partial charge on any atom is -0.494 e. The quantitative estimate of drug-likeness (QED) is 0.712. The number of pyridine rings is 1. The number of anilines is 1. The molecular weight excluding hydrogens is 352 g/mol. The van der Waals surface area contributed by atoms with E-state index in [1.165, 1.54) is 0 Å². The number of ether oxygens (including phenoxy) is 2. The molecule has 2 aromatic carbocycles. The molecule has 26 heavy (non-hydrogen) atoms. The lowest BCUT2D eigenvalue weighted by atomic mass is 10.1. The highest BCUT2D eigenvalue weighted by molar-refractivity contribution is 6.31. The van der Waals surface area contributed by atoms with Crippen LogP contribution in [0.25, 0.3) is 10.9 Å². The Labute approximate surface area is 156 Å². The van der Waals surface area contributed by atoms with Crippen molar-refractivity contribution < 1.29 is 14.3 Å². The maximum Gasteiger partial charge on any atom is 0.265 e. The van der Waals surface area contributed by atoms with Gasteiger partial charge in [-0.05, 0) is 61.9 Å². The van der Waals surface area contributed by atoms with Crippen molar-refractivity contribution in [2.75, 3.05) is 12.4 Å². The molecular formula is C20H19ClN2O3. The van der Waals surface area contributed by atoms with Crippen LogP contribution in [-0.2, 0) is 4.79 Å². The summed E-state index contributed by atoms with van der Waals surface area (Å²) in [6.07, 6.45) is 1.01. The summed E-state index contributed by atoms with van der Waals surface area (Å²) in [5, 5.41) is 4.36. The first-order valence-electron chi connectivity index (χ1n) is 8.15. The second-order valence-corrected chi connectivity index (χ2v) is 6.28.